The molecule has 7 rings (SSSR count). The van der Waals surface area contributed by atoms with Gasteiger partial charge in [-0.25, -0.2) is 19.6 Å². The maximum Gasteiger partial charge on any atom is 0.407 e. The molecule has 1 saturated heterocycles. The van der Waals surface area contributed by atoms with E-state index < -0.39 is 24.1 Å². The number of alkyl carbamates (subject to hydrolysis) is 1. The molecule has 0 spiro atoms. The molecule has 5 aromatic rings. The van der Waals surface area contributed by atoms with E-state index in [1.165, 1.54) is 11.3 Å². The average molecular weight is 642 g/mol. The first kappa shape index (κ1) is 29.0. The molecule has 228 valence electrons. The Balaban J connectivity index is 1.09. The quantitative estimate of drug-likeness (QED) is 0.213. The number of hydrogen-bond acceptors (Lipinski definition) is 8. The number of likely N-dealkylation sites (tertiary alicyclic amines) is 1. The molecular weight excluding hydrogens is 614 g/mol. The third-order valence-electron chi connectivity index (χ3n) is 8.15. The van der Waals surface area contributed by atoms with Crippen LogP contribution in [-0.2, 0) is 9.47 Å². The third-order valence-corrected chi connectivity index (χ3v) is 9.32. The highest BCUT2D eigenvalue weighted by Crippen LogP contribution is 2.44. The maximum atomic E-state index is 13.9. The Bertz CT molecular complexity index is 1890. The van der Waals surface area contributed by atoms with Crippen molar-refractivity contribution in [2.75, 3.05) is 19.8 Å². The minimum atomic E-state index is -0.566. The van der Waals surface area contributed by atoms with Crippen molar-refractivity contribution in [2.24, 2.45) is 0 Å². The number of hydrogen-bond donors (Lipinski definition) is 1. The number of esters is 1. The molecule has 2 unspecified atom stereocenters. The highest BCUT2D eigenvalue weighted by Gasteiger charge is 2.40. The van der Waals surface area contributed by atoms with E-state index >= 15 is 0 Å². The fourth-order valence-corrected chi connectivity index (χ4v) is 7.24. The molecular formula is C33H28ClN5O5S. The van der Waals surface area contributed by atoms with Crippen LogP contribution in [-0.4, -0.2) is 63.0 Å². The number of imidazole rings is 1. The predicted molar refractivity (Wildman–Crippen MR) is 169 cm³/mol. The van der Waals surface area contributed by atoms with Crippen LogP contribution in [0.1, 0.15) is 62.4 Å². The first-order valence-electron chi connectivity index (χ1n) is 14.6. The number of rotatable bonds is 7. The largest absolute Gasteiger partial charge is 0.461 e. The summed E-state index contributed by atoms with van der Waals surface area (Å²) in [6.07, 6.45) is 3.11. The molecule has 12 heteroatoms. The minimum Gasteiger partial charge on any atom is -0.461 e. The van der Waals surface area contributed by atoms with Crippen molar-refractivity contribution >= 4 is 46.6 Å². The van der Waals surface area contributed by atoms with Gasteiger partial charge in [0.25, 0.3) is 5.91 Å². The van der Waals surface area contributed by atoms with Crippen LogP contribution in [0.4, 0.5) is 4.79 Å². The van der Waals surface area contributed by atoms with Gasteiger partial charge in [-0.1, -0.05) is 60.1 Å². The summed E-state index contributed by atoms with van der Waals surface area (Å²) in [5.74, 6) is -0.927. The first-order valence-corrected chi connectivity index (χ1v) is 15.8. The van der Waals surface area contributed by atoms with E-state index in [0.717, 1.165) is 22.3 Å². The van der Waals surface area contributed by atoms with Crippen molar-refractivity contribution < 1.29 is 23.9 Å². The first-order chi connectivity index (χ1) is 21.9. The Labute approximate surface area is 267 Å². The van der Waals surface area contributed by atoms with Gasteiger partial charge in [0.05, 0.1) is 23.7 Å². The topological polar surface area (TPSA) is 115 Å². The number of aromatic nitrogens is 3. The fourth-order valence-electron chi connectivity index (χ4n) is 6.16. The van der Waals surface area contributed by atoms with E-state index in [9.17, 15) is 14.4 Å². The molecule has 1 aliphatic heterocycles. The monoisotopic (exact) mass is 641 g/mol. The van der Waals surface area contributed by atoms with E-state index in [2.05, 4.69) is 39.6 Å². The van der Waals surface area contributed by atoms with Crippen LogP contribution in [0.15, 0.2) is 78.4 Å². The number of fused-ring (bicyclic) bond motifs is 4. The number of benzene rings is 2. The molecule has 45 heavy (non-hydrogen) atoms. The number of nitrogens with zero attached hydrogens (tertiary/aromatic N) is 4. The van der Waals surface area contributed by atoms with Gasteiger partial charge < -0.3 is 24.1 Å². The number of halogens is 1. The smallest absolute Gasteiger partial charge is 0.407 e. The zero-order valence-electron chi connectivity index (χ0n) is 24.2. The number of thiazole rings is 1. The average Bonchev–Trinajstić information content (AvgIpc) is 3.84. The second-order valence-corrected chi connectivity index (χ2v) is 12.2. The summed E-state index contributed by atoms with van der Waals surface area (Å²) in [7, 11) is 0. The van der Waals surface area contributed by atoms with Crippen molar-refractivity contribution in [3.8, 4) is 11.1 Å². The second-order valence-electron chi connectivity index (χ2n) is 10.9. The lowest BCUT2D eigenvalue weighted by Crippen LogP contribution is -2.39. The summed E-state index contributed by atoms with van der Waals surface area (Å²) in [5.41, 5.74) is 5.53. The summed E-state index contributed by atoms with van der Waals surface area (Å²) < 4.78 is 12.6. The van der Waals surface area contributed by atoms with Crippen LogP contribution in [0.5, 0.6) is 0 Å². The van der Waals surface area contributed by atoms with Crippen LogP contribution >= 0.6 is 22.9 Å². The van der Waals surface area contributed by atoms with Gasteiger partial charge in [-0.05, 0) is 47.7 Å². The molecule has 10 nitrogen and oxygen atoms in total. The summed E-state index contributed by atoms with van der Waals surface area (Å²) in [4.78, 5) is 49.9. The van der Waals surface area contributed by atoms with Crippen LogP contribution in [0.2, 0.25) is 5.02 Å². The molecule has 0 bridgehead atoms. The minimum absolute atomic E-state index is 0.0716. The molecule has 1 aliphatic carbocycles. The van der Waals surface area contributed by atoms with Gasteiger partial charge in [0, 0.05) is 30.2 Å². The van der Waals surface area contributed by atoms with Crippen LogP contribution in [0.25, 0.3) is 16.8 Å². The van der Waals surface area contributed by atoms with Gasteiger partial charge in [-0.15, -0.1) is 11.3 Å². The van der Waals surface area contributed by atoms with Crippen molar-refractivity contribution in [3.63, 3.8) is 0 Å². The van der Waals surface area contributed by atoms with Gasteiger partial charge >= 0.3 is 12.1 Å². The highest BCUT2D eigenvalue weighted by molar-refractivity contribution is 7.09. The molecule has 2 amide bonds. The number of nitrogens with one attached hydrogen (secondary N) is 1. The highest BCUT2D eigenvalue weighted by atomic mass is 35.5. The Morgan fingerprint density at radius 3 is 2.42 bits per heavy atom. The van der Waals surface area contributed by atoms with Crippen LogP contribution < -0.4 is 5.32 Å². The Morgan fingerprint density at radius 1 is 0.956 bits per heavy atom. The zero-order chi connectivity index (χ0) is 31.1. The van der Waals surface area contributed by atoms with Gasteiger partial charge in [0.15, 0.2) is 5.69 Å². The van der Waals surface area contributed by atoms with E-state index in [-0.39, 0.29) is 43.0 Å². The van der Waals surface area contributed by atoms with Crippen molar-refractivity contribution in [1.29, 1.82) is 0 Å². The normalized spacial score (nSPS) is 17.2. The number of amides is 2. The van der Waals surface area contributed by atoms with Crippen molar-refractivity contribution in [1.82, 2.24) is 24.6 Å². The summed E-state index contributed by atoms with van der Waals surface area (Å²) in [5, 5.41) is 5.66. The SMILES string of the molecule is CCOC(=O)c1csc(C2CC(NC(=O)OCC3c4ccccc4-c4ccccc43)CN2C(=O)c2cn3cc(Cl)ccc3n2)n1. The van der Waals surface area contributed by atoms with Gasteiger partial charge in [-0.2, -0.15) is 0 Å². The predicted octanol–water partition coefficient (Wildman–Crippen LogP) is 6.12. The zero-order valence-corrected chi connectivity index (χ0v) is 25.8. The van der Waals surface area contributed by atoms with Gasteiger partial charge in [0.1, 0.15) is 23.0 Å². The summed E-state index contributed by atoms with van der Waals surface area (Å²) in [6.45, 7) is 2.34. The van der Waals surface area contributed by atoms with E-state index in [4.69, 9.17) is 21.1 Å². The molecule has 3 aromatic heterocycles. The lowest BCUT2D eigenvalue weighted by atomic mass is 9.98. The fraction of sp³-hybridized carbons (Fsp3) is 0.242. The lowest BCUT2D eigenvalue weighted by molar-refractivity contribution is 0.0520. The van der Waals surface area contributed by atoms with E-state index in [1.54, 1.807) is 46.1 Å². The second kappa shape index (κ2) is 12.0. The van der Waals surface area contributed by atoms with Crippen LogP contribution in [0, 0.1) is 0 Å². The number of carbonyl (C=O) groups is 3. The van der Waals surface area contributed by atoms with Crippen LogP contribution in [0.3, 0.4) is 0 Å². The Morgan fingerprint density at radius 2 is 1.69 bits per heavy atom. The summed E-state index contributed by atoms with van der Waals surface area (Å²) >= 11 is 7.40. The Kier molecular flexibility index (Phi) is 7.72. The number of pyridine rings is 1. The van der Waals surface area contributed by atoms with Gasteiger partial charge in [-0.3, -0.25) is 4.79 Å². The molecule has 0 saturated carbocycles. The van der Waals surface area contributed by atoms with Crippen molar-refractivity contribution in [3.05, 3.63) is 111 Å². The van der Waals surface area contributed by atoms with Crippen molar-refractivity contribution in [2.45, 2.75) is 31.3 Å². The number of ether oxygens (including phenoxy) is 2. The van der Waals surface area contributed by atoms with Gasteiger partial charge in [0.2, 0.25) is 0 Å². The lowest BCUT2D eigenvalue weighted by Gasteiger charge is -2.22. The summed E-state index contributed by atoms with van der Waals surface area (Å²) in [6, 6.07) is 18.8. The molecule has 0 radical (unpaired) electrons. The van der Waals surface area contributed by atoms with E-state index in [0.29, 0.717) is 22.1 Å². The number of carbonyl (C=O) groups excluding carboxylic acids is 3. The maximum absolute atomic E-state index is 13.9. The molecule has 2 aliphatic rings. The standard InChI is InChI=1S/C33H28ClN5O5S/c1-2-43-32(41)27-18-45-30(37-27)28-13-20(15-39(28)31(40)26-16-38-14-19(34)11-12-29(38)36-26)35-33(42)44-17-25-23-9-5-3-7-21(23)22-8-4-6-10-24(22)25/h3-12,14,16,18,20,25,28H,2,13,15,17H2,1H3,(H,35,42). The Hall–Kier alpha value is -4.74. The third kappa shape index (κ3) is 5.53. The molecule has 1 fully saturated rings. The molecule has 2 aromatic carbocycles. The molecule has 1 N–H and O–H groups in total. The molecule has 4 heterocycles. The van der Waals surface area contributed by atoms with E-state index in [1.807, 2.05) is 24.3 Å². The molecule has 2 atom stereocenters.